The Hall–Kier alpha value is 1.17. The predicted molar refractivity (Wildman–Crippen MR) is 53.1 cm³/mol. The van der Waals surface area contributed by atoms with E-state index in [4.69, 9.17) is 0 Å². The second-order valence-corrected chi connectivity index (χ2v) is 3.79. The van der Waals surface area contributed by atoms with Crippen molar-refractivity contribution >= 4 is 14.3 Å². The van der Waals surface area contributed by atoms with Gasteiger partial charge in [0, 0.05) is 19.8 Å². The van der Waals surface area contributed by atoms with Crippen LogP contribution in [-0.4, -0.2) is 14.1 Å². The summed E-state index contributed by atoms with van der Waals surface area (Å²) in [4.78, 5) is 22.6. The van der Waals surface area contributed by atoms with E-state index in [-0.39, 0.29) is 59.1 Å². The zero-order valence-corrected chi connectivity index (χ0v) is 15.2. The van der Waals surface area contributed by atoms with Gasteiger partial charge in [-0.2, -0.15) is 0 Å². The van der Waals surface area contributed by atoms with Gasteiger partial charge in [0.2, 0.25) is 0 Å². The first-order valence-corrected chi connectivity index (χ1v) is 5.20. The van der Waals surface area contributed by atoms with Crippen LogP contribution in [0, 0.1) is 6.92 Å². The van der Waals surface area contributed by atoms with Crippen molar-refractivity contribution in [3.05, 3.63) is 23.8 Å². The summed E-state index contributed by atoms with van der Waals surface area (Å²) in [6.07, 6.45) is 0. The molecule has 0 fully saturated rings. The smallest absolute Gasteiger partial charge is 0.810 e. The monoisotopic (exact) mass is 259 g/mol. The molecule has 0 atom stereocenters. The number of aryl methyl sites for hydroxylation is 1. The van der Waals surface area contributed by atoms with Gasteiger partial charge < -0.3 is 19.2 Å². The molecular weight excluding hydrogens is 247 g/mol. The number of rotatable bonds is 3. The van der Waals surface area contributed by atoms with E-state index in [1.807, 2.05) is 25.1 Å². The molecule has 7 heteroatoms. The molecule has 0 amide bonds. The van der Waals surface area contributed by atoms with E-state index in [1.54, 1.807) is 19.1 Å². The number of nitrogens with zero attached hydrogens (tertiary/aromatic N) is 1. The summed E-state index contributed by atoms with van der Waals surface area (Å²) in [5, 5.41) is 0. The molecule has 78 valence electrons. The SMILES string of the molecule is Cc1cc(N(C)C)ccc1OP([O-])[O-].[Na+].[Na+]. The average Bonchev–Trinajstić information content (AvgIpc) is 2.07. The zero-order valence-electron chi connectivity index (χ0n) is 10.4. The molecule has 1 rings (SSSR count). The van der Waals surface area contributed by atoms with Crippen molar-refractivity contribution in [2.45, 2.75) is 6.92 Å². The molecule has 1 aromatic rings. The Labute approximate surface area is 142 Å². The van der Waals surface area contributed by atoms with Crippen LogP contribution in [0.15, 0.2) is 18.2 Å². The molecule has 0 unspecified atom stereocenters. The molecule has 4 nitrogen and oxygen atoms in total. The fourth-order valence-corrected chi connectivity index (χ4v) is 1.46. The fraction of sp³-hybridized carbons (Fsp3) is 0.333. The number of hydrogen-bond acceptors (Lipinski definition) is 4. The minimum absolute atomic E-state index is 0. The molecule has 0 aliphatic rings. The maximum absolute atomic E-state index is 10.3. The summed E-state index contributed by atoms with van der Waals surface area (Å²) < 4.78 is 4.61. The van der Waals surface area contributed by atoms with E-state index < -0.39 is 8.60 Å². The summed E-state index contributed by atoms with van der Waals surface area (Å²) in [5.74, 6) is 0.381. The maximum Gasteiger partial charge on any atom is 1.00 e. The van der Waals surface area contributed by atoms with Gasteiger partial charge in [0.15, 0.2) is 0 Å². The van der Waals surface area contributed by atoms with Crippen molar-refractivity contribution < 1.29 is 73.4 Å². The standard InChI is InChI=1S/C9H12NO3P.2Na/c1-7-6-8(10(2)3)4-5-9(7)13-14(11)12;;/h4-6H,1-3H3;;/q-2;2*+1. The zero-order chi connectivity index (χ0) is 10.7. The fourth-order valence-electron chi connectivity index (χ4n) is 1.09. The number of benzene rings is 1. The van der Waals surface area contributed by atoms with Gasteiger partial charge in [-0.3, -0.25) is 0 Å². The molecule has 1 aromatic carbocycles. The summed E-state index contributed by atoms with van der Waals surface area (Å²) >= 11 is 0. The molecule has 0 aromatic heterocycles. The Morgan fingerprint density at radius 1 is 1.19 bits per heavy atom. The van der Waals surface area contributed by atoms with Gasteiger partial charge in [-0.1, -0.05) is 8.60 Å². The van der Waals surface area contributed by atoms with Crippen molar-refractivity contribution in [3.63, 3.8) is 0 Å². The summed E-state index contributed by atoms with van der Waals surface area (Å²) in [5.41, 5.74) is 1.81. The van der Waals surface area contributed by atoms with Gasteiger partial charge in [-0.25, -0.2) is 0 Å². The summed E-state index contributed by atoms with van der Waals surface area (Å²) in [6, 6.07) is 5.32. The predicted octanol–water partition coefficient (Wildman–Crippen LogP) is -5.60. The molecule has 0 radical (unpaired) electrons. The van der Waals surface area contributed by atoms with Crippen LogP contribution in [0.4, 0.5) is 5.69 Å². The van der Waals surface area contributed by atoms with Crippen molar-refractivity contribution in [1.29, 1.82) is 0 Å². The average molecular weight is 259 g/mol. The van der Waals surface area contributed by atoms with Crippen LogP contribution in [-0.2, 0) is 0 Å². The van der Waals surface area contributed by atoms with Crippen molar-refractivity contribution in [3.8, 4) is 5.75 Å². The van der Waals surface area contributed by atoms with Gasteiger partial charge in [-0.05, 0) is 30.7 Å². The first-order chi connectivity index (χ1) is 6.50. The molecule has 0 aliphatic carbocycles. The quantitative estimate of drug-likeness (QED) is 0.401. The topological polar surface area (TPSA) is 58.6 Å². The molecule has 0 aliphatic heterocycles. The van der Waals surface area contributed by atoms with Gasteiger partial charge in [0.25, 0.3) is 0 Å². The molecule has 0 N–H and O–H groups in total. The number of anilines is 1. The van der Waals surface area contributed by atoms with Crippen LogP contribution in [0.3, 0.4) is 0 Å². The third-order valence-electron chi connectivity index (χ3n) is 1.85. The minimum atomic E-state index is -2.83. The van der Waals surface area contributed by atoms with Crippen molar-refractivity contribution in [2.75, 3.05) is 19.0 Å². The largest absolute Gasteiger partial charge is 1.00 e. The van der Waals surface area contributed by atoms with Crippen molar-refractivity contribution in [1.82, 2.24) is 0 Å². The normalized spacial score (nSPS) is 9.12. The maximum atomic E-state index is 10.3. The van der Waals surface area contributed by atoms with Crippen LogP contribution >= 0.6 is 8.60 Å². The van der Waals surface area contributed by atoms with Crippen LogP contribution in [0.25, 0.3) is 0 Å². The van der Waals surface area contributed by atoms with Gasteiger partial charge in [-0.15, -0.1) is 0 Å². The van der Waals surface area contributed by atoms with Gasteiger partial charge >= 0.3 is 59.1 Å². The second-order valence-electron chi connectivity index (χ2n) is 3.16. The molecule has 0 saturated carbocycles. The van der Waals surface area contributed by atoms with E-state index in [0.29, 0.717) is 5.75 Å². The van der Waals surface area contributed by atoms with Crippen molar-refractivity contribution in [2.24, 2.45) is 0 Å². The van der Waals surface area contributed by atoms with E-state index in [0.717, 1.165) is 11.3 Å². The third-order valence-corrected chi connectivity index (χ3v) is 2.19. The Morgan fingerprint density at radius 3 is 2.12 bits per heavy atom. The Bertz CT molecular complexity index is 324. The summed E-state index contributed by atoms with van der Waals surface area (Å²) in [7, 11) is 1.01. The molecule has 0 saturated heterocycles. The first kappa shape index (κ1) is 19.5. The Balaban J connectivity index is 0. The van der Waals surface area contributed by atoms with Gasteiger partial charge in [0.05, 0.1) is 0 Å². The van der Waals surface area contributed by atoms with Gasteiger partial charge in [0.1, 0.15) is 5.75 Å². The molecule has 0 spiro atoms. The third kappa shape index (κ3) is 6.20. The molecule has 0 heterocycles. The van der Waals surface area contributed by atoms with E-state index in [9.17, 15) is 9.79 Å². The van der Waals surface area contributed by atoms with Crippen LogP contribution in [0.5, 0.6) is 5.75 Å². The molecule has 0 bridgehead atoms. The summed E-state index contributed by atoms with van der Waals surface area (Å²) in [6.45, 7) is 1.81. The Morgan fingerprint density at radius 2 is 1.75 bits per heavy atom. The van der Waals surface area contributed by atoms with Crippen LogP contribution in [0.2, 0.25) is 0 Å². The Kier molecular flexibility index (Phi) is 11.2. The van der Waals surface area contributed by atoms with Crippen LogP contribution < -0.4 is 78.3 Å². The van der Waals surface area contributed by atoms with E-state index in [1.165, 1.54) is 0 Å². The van der Waals surface area contributed by atoms with E-state index >= 15 is 0 Å². The van der Waals surface area contributed by atoms with Crippen LogP contribution in [0.1, 0.15) is 5.56 Å². The van der Waals surface area contributed by atoms with E-state index in [2.05, 4.69) is 4.52 Å². The molecule has 16 heavy (non-hydrogen) atoms. The molecular formula is C9H12NNa2O3P. The second kappa shape index (κ2) is 9.15. The minimum Gasteiger partial charge on any atom is -0.810 e. The number of hydrogen-bond donors (Lipinski definition) is 0. The first-order valence-electron chi connectivity index (χ1n) is 4.11.